The van der Waals surface area contributed by atoms with Gasteiger partial charge in [-0.3, -0.25) is 9.59 Å². The van der Waals surface area contributed by atoms with Crippen molar-refractivity contribution in [2.75, 3.05) is 13.6 Å². The molecular formula is C22H19FN6O3. The maximum absolute atomic E-state index is 14.4. The van der Waals surface area contributed by atoms with Crippen LogP contribution in [-0.4, -0.2) is 60.8 Å². The van der Waals surface area contributed by atoms with Crippen molar-refractivity contribution in [1.29, 1.82) is 0 Å². The van der Waals surface area contributed by atoms with Gasteiger partial charge in [0.05, 0.1) is 5.56 Å². The molecule has 2 amide bonds. The molecule has 1 aliphatic rings. The van der Waals surface area contributed by atoms with Gasteiger partial charge in [0.25, 0.3) is 11.8 Å². The molecule has 2 aromatic heterocycles. The molecule has 1 saturated heterocycles. The monoisotopic (exact) mass is 434 g/mol. The SMILES string of the molecule is Cc1ccnn1-c1cc(C(N)=O)nc(-c2ccc(F)c(C#CC3(O)CCN(C)C3=O)c2)n1. The summed E-state index contributed by atoms with van der Waals surface area (Å²) in [5.41, 5.74) is 4.62. The summed E-state index contributed by atoms with van der Waals surface area (Å²) in [7, 11) is 1.56. The Morgan fingerprint density at radius 2 is 2.06 bits per heavy atom. The van der Waals surface area contributed by atoms with Crippen molar-refractivity contribution in [3.8, 4) is 29.0 Å². The minimum absolute atomic E-state index is 0.0363. The van der Waals surface area contributed by atoms with Gasteiger partial charge in [-0.1, -0.05) is 11.8 Å². The number of likely N-dealkylation sites (N-methyl/N-ethyl adjacent to an activating group) is 1. The number of aromatic nitrogens is 4. The third-order valence-electron chi connectivity index (χ3n) is 5.15. The smallest absolute Gasteiger partial charge is 0.267 e. The summed E-state index contributed by atoms with van der Waals surface area (Å²) in [5.74, 6) is 3.55. The molecule has 1 fully saturated rings. The zero-order valence-corrected chi connectivity index (χ0v) is 17.3. The Balaban J connectivity index is 1.78. The fourth-order valence-electron chi connectivity index (χ4n) is 3.31. The Bertz CT molecular complexity index is 1310. The van der Waals surface area contributed by atoms with E-state index in [2.05, 4.69) is 26.9 Å². The molecule has 4 rings (SSSR count). The van der Waals surface area contributed by atoms with E-state index in [1.54, 1.807) is 19.3 Å². The van der Waals surface area contributed by atoms with Gasteiger partial charge in [0.1, 0.15) is 11.5 Å². The standard InChI is InChI=1S/C22H19FN6O3/c1-13-6-9-25-29(13)18-12-17(19(24)30)26-20(27-18)15-3-4-16(23)14(11-15)5-7-22(32)8-10-28(2)21(22)31/h3-4,6,9,11-12,32H,8,10H2,1-2H3,(H2,24,30). The number of halogens is 1. The molecule has 1 aliphatic heterocycles. The lowest BCUT2D eigenvalue weighted by Crippen LogP contribution is -2.37. The molecule has 1 atom stereocenters. The molecule has 9 nitrogen and oxygen atoms in total. The quantitative estimate of drug-likeness (QED) is 0.588. The lowest BCUT2D eigenvalue weighted by Gasteiger charge is -2.13. The molecule has 1 aromatic carbocycles. The van der Waals surface area contributed by atoms with Gasteiger partial charge in [0.15, 0.2) is 11.6 Å². The van der Waals surface area contributed by atoms with Crippen molar-refractivity contribution in [2.45, 2.75) is 18.9 Å². The van der Waals surface area contributed by atoms with Gasteiger partial charge in [0, 0.05) is 43.5 Å². The Morgan fingerprint density at radius 1 is 1.28 bits per heavy atom. The predicted octanol–water partition coefficient (Wildman–Crippen LogP) is 0.820. The number of nitrogens with zero attached hydrogens (tertiary/aromatic N) is 5. The number of amides is 2. The molecule has 3 aromatic rings. The van der Waals surface area contributed by atoms with Crippen LogP contribution in [0.3, 0.4) is 0 Å². The lowest BCUT2D eigenvalue weighted by atomic mass is 10.0. The van der Waals surface area contributed by atoms with E-state index >= 15 is 0 Å². The molecule has 32 heavy (non-hydrogen) atoms. The van der Waals surface area contributed by atoms with Gasteiger partial charge >= 0.3 is 0 Å². The second kappa shape index (κ2) is 7.86. The molecule has 10 heteroatoms. The molecule has 0 aliphatic carbocycles. The molecule has 0 spiro atoms. The van der Waals surface area contributed by atoms with Crippen LogP contribution in [0.4, 0.5) is 4.39 Å². The first-order chi connectivity index (χ1) is 15.2. The molecule has 0 saturated carbocycles. The number of likely N-dealkylation sites (tertiary alicyclic amines) is 1. The van der Waals surface area contributed by atoms with Crippen LogP contribution in [0, 0.1) is 24.6 Å². The Morgan fingerprint density at radius 3 is 2.69 bits per heavy atom. The number of primary amides is 1. The van der Waals surface area contributed by atoms with Crippen LogP contribution in [0.5, 0.6) is 0 Å². The summed E-state index contributed by atoms with van der Waals surface area (Å²) < 4.78 is 15.9. The van der Waals surface area contributed by atoms with Gasteiger partial charge in [-0.2, -0.15) is 5.10 Å². The maximum atomic E-state index is 14.4. The highest BCUT2D eigenvalue weighted by atomic mass is 19.1. The molecule has 3 heterocycles. The zero-order valence-electron chi connectivity index (χ0n) is 17.3. The summed E-state index contributed by atoms with van der Waals surface area (Å²) in [6.45, 7) is 2.17. The van der Waals surface area contributed by atoms with Gasteiger partial charge in [-0.05, 0) is 31.2 Å². The summed E-state index contributed by atoms with van der Waals surface area (Å²) in [4.78, 5) is 33.9. The lowest BCUT2D eigenvalue weighted by molar-refractivity contribution is -0.137. The Hall–Kier alpha value is -4.10. The zero-order chi connectivity index (χ0) is 23.0. The molecule has 162 valence electrons. The molecule has 0 radical (unpaired) electrons. The highest BCUT2D eigenvalue weighted by Gasteiger charge is 2.42. The van der Waals surface area contributed by atoms with Crippen molar-refractivity contribution in [3.63, 3.8) is 0 Å². The second-order valence-electron chi connectivity index (χ2n) is 7.47. The van der Waals surface area contributed by atoms with Crippen LogP contribution in [0.1, 0.15) is 28.2 Å². The normalized spacial score (nSPS) is 17.9. The molecule has 0 bridgehead atoms. The van der Waals surface area contributed by atoms with Crippen LogP contribution in [-0.2, 0) is 4.79 Å². The number of aliphatic hydroxyl groups is 1. The summed E-state index contributed by atoms with van der Waals surface area (Å²) in [6.07, 6.45) is 1.71. The first-order valence-corrected chi connectivity index (χ1v) is 9.69. The first-order valence-electron chi connectivity index (χ1n) is 9.69. The van der Waals surface area contributed by atoms with Crippen molar-refractivity contribution in [2.24, 2.45) is 5.73 Å². The third-order valence-corrected chi connectivity index (χ3v) is 5.15. The van der Waals surface area contributed by atoms with Crippen LogP contribution in [0.25, 0.3) is 17.2 Å². The van der Waals surface area contributed by atoms with E-state index in [1.165, 1.54) is 33.8 Å². The van der Waals surface area contributed by atoms with Gasteiger partial charge in [0.2, 0.25) is 5.60 Å². The number of carbonyl (C=O) groups excluding carboxylic acids is 2. The van der Waals surface area contributed by atoms with E-state index in [0.717, 1.165) is 5.69 Å². The number of hydrogen-bond acceptors (Lipinski definition) is 6. The van der Waals surface area contributed by atoms with Crippen molar-refractivity contribution >= 4 is 11.8 Å². The number of carbonyl (C=O) groups is 2. The van der Waals surface area contributed by atoms with E-state index in [9.17, 15) is 19.1 Å². The summed E-state index contributed by atoms with van der Waals surface area (Å²) in [6, 6.07) is 7.17. The number of benzene rings is 1. The Labute approximate surface area is 182 Å². The number of rotatable bonds is 3. The topological polar surface area (TPSA) is 127 Å². The highest BCUT2D eigenvalue weighted by molar-refractivity contribution is 5.92. The number of nitrogens with two attached hydrogens (primary N) is 1. The van der Waals surface area contributed by atoms with Crippen LogP contribution in [0.15, 0.2) is 36.5 Å². The average molecular weight is 434 g/mol. The fraction of sp³-hybridized carbons (Fsp3) is 0.227. The molecule has 3 N–H and O–H groups in total. The van der Waals surface area contributed by atoms with Gasteiger partial charge < -0.3 is 15.7 Å². The number of hydrogen-bond donors (Lipinski definition) is 2. The van der Waals surface area contributed by atoms with E-state index in [-0.39, 0.29) is 23.5 Å². The van der Waals surface area contributed by atoms with Crippen LogP contribution in [0.2, 0.25) is 0 Å². The molecule has 1 unspecified atom stereocenters. The maximum Gasteiger partial charge on any atom is 0.267 e. The second-order valence-corrected chi connectivity index (χ2v) is 7.47. The number of aryl methyl sites for hydroxylation is 1. The first kappa shape index (κ1) is 21.1. The summed E-state index contributed by atoms with van der Waals surface area (Å²) in [5, 5.41) is 14.6. The fourth-order valence-corrected chi connectivity index (χ4v) is 3.31. The minimum Gasteiger partial charge on any atom is -0.369 e. The minimum atomic E-state index is -1.86. The molecular weight excluding hydrogens is 415 g/mol. The predicted molar refractivity (Wildman–Crippen MR) is 112 cm³/mol. The average Bonchev–Trinajstić information content (AvgIpc) is 3.31. The van der Waals surface area contributed by atoms with Crippen molar-refractivity contribution in [3.05, 3.63) is 59.3 Å². The summed E-state index contributed by atoms with van der Waals surface area (Å²) >= 11 is 0. The van der Waals surface area contributed by atoms with E-state index in [0.29, 0.717) is 17.9 Å². The Kier molecular flexibility index (Phi) is 5.20. The van der Waals surface area contributed by atoms with E-state index in [4.69, 9.17) is 5.73 Å². The van der Waals surface area contributed by atoms with Crippen LogP contribution < -0.4 is 5.73 Å². The van der Waals surface area contributed by atoms with Gasteiger partial charge in [-0.25, -0.2) is 19.0 Å². The van der Waals surface area contributed by atoms with Crippen LogP contribution >= 0.6 is 0 Å². The van der Waals surface area contributed by atoms with Crippen molar-refractivity contribution < 1.29 is 19.1 Å². The van der Waals surface area contributed by atoms with E-state index in [1.807, 2.05) is 6.92 Å². The highest BCUT2D eigenvalue weighted by Crippen LogP contribution is 2.23. The largest absolute Gasteiger partial charge is 0.369 e. The van der Waals surface area contributed by atoms with Gasteiger partial charge in [-0.15, -0.1) is 0 Å². The van der Waals surface area contributed by atoms with E-state index < -0.39 is 23.2 Å². The third kappa shape index (κ3) is 3.81. The van der Waals surface area contributed by atoms with Crippen molar-refractivity contribution in [1.82, 2.24) is 24.6 Å².